The molecule has 1 aliphatic rings. The molecule has 2 rings (SSSR count). The SMILES string of the molecule is CC(C)c1nc2c(c(C(C)C)n1)C(=O)CC(C(C)C)N2. The zero-order valence-corrected chi connectivity index (χ0v) is 13.3. The predicted molar refractivity (Wildman–Crippen MR) is 81.4 cm³/mol. The zero-order valence-electron chi connectivity index (χ0n) is 13.3. The Balaban J connectivity index is 2.56. The molecule has 110 valence electrons. The number of hydrogen-bond acceptors (Lipinski definition) is 4. The second-order valence-electron chi connectivity index (χ2n) is 6.62. The normalized spacial score (nSPS) is 18.6. The summed E-state index contributed by atoms with van der Waals surface area (Å²) in [7, 11) is 0. The fourth-order valence-corrected chi connectivity index (χ4v) is 2.48. The van der Waals surface area contributed by atoms with Crippen LogP contribution in [0.4, 0.5) is 5.82 Å². The van der Waals surface area contributed by atoms with Crippen molar-refractivity contribution in [2.75, 3.05) is 5.32 Å². The molecule has 1 aromatic rings. The Bertz CT molecular complexity index is 521. The van der Waals surface area contributed by atoms with Gasteiger partial charge in [-0.25, -0.2) is 9.97 Å². The molecule has 0 fully saturated rings. The van der Waals surface area contributed by atoms with Gasteiger partial charge in [-0.2, -0.15) is 0 Å². The van der Waals surface area contributed by atoms with Gasteiger partial charge in [0.25, 0.3) is 0 Å². The van der Waals surface area contributed by atoms with Crippen LogP contribution in [0.2, 0.25) is 0 Å². The van der Waals surface area contributed by atoms with Gasteiger partial charge >= 0.3 is 0 Å². The number of nitrogens with one attached hydrogen (secondary N) is 1. The van der Waals surface area contributed by atoms with Crippen molar-refractivity contribution >= 4 is 11.6 Å². The Hall–Kier alpha value is -1.45. The minimum atomic E-state index is 0.171. The number of Topliss-reactive ketones (excluding diaryl/α,β-unsaturated/α-hetero) is 1. The summed E-state index contributed by atoms with van der Waals surface area (Å²) in [4.78, 5) is 21.7. The highest BCUT2D eigenvalue weighted by molar-refractivity contribution is 6.03. The van der Waals surface area contributed by atoms with E-state index in [1.54, 1.807) is 0 Å². The second kappa shape index (κ2) is 5.51. The molecule has 0 amide bonds. The minimum absolute atomic E-state index is 0.171. The number of ketones is 1. The molecule has 1 atom stereocenters. The monoisotopic (exact) mass is 275 g/mol. The number of hydrogen-bond donors (Lipinski definition) is 1. The average Bonchev–Trinajstić information content (AvgIpc) is 2.36. The maximum atomic E-state index is 12.5. The molecule has 0 aromatic carbocycles. The van der Waals surface area contributed by atoms with E-state index < -0.39 is 0 Å². The van der Waals surface area contributed by atoms with Crippen LogP contribution in [0.15, 0.2) is 0 Å². The molecule has 4 heteroatoms. The molecule has 20 heavy (non-hydrogen) atoms. The van der Waals surface area contributed by atoms with E-state index in [1.807, 2.05) is 0 Å². The van der Waals surface area contributed by atoms with Crippen LogP contribution >= 0.6 is 0 Å². The smallest absolute Gasteiger partial charge is 0.170 e. The van der Waals surface area contributed by atoms with Crippen molar-refractivity contribution in [2.24, 2.45) is 5.92 Å². The van der Waals surface area contributed by atoms with Gasteiger partial charge in [-0.1, -0.05) is 41.5 Å². The number of carbonyl (C=O) groups excluding carboxylic acids is 1. The average molecular weight is 275 g/mol. The van der Waals surface area contributed by atoms with Crippen LogP contribution in [-0.2, 0) is 0 Å². The van der Waals surface area contributed by atoms with E-state index in [-0.39, 0.29) is 23.7 Å². The number of rotatable bonds is 3. The van der Waals surface area contributed by atoms with Crippen molar-refractivity contribution in [1.82, 2.24) is 9.97 Å². The highest BCUT2D eigenvalue weighted by Crippen LogP contribution is 2.32. The van der Waals surface area contributed by atoms with Gasteiger partial charge in [0.2, 0.25) is 0 Å². The van der Waals surface area contributed by atoms with Gasteiger partial charge in [-0.05, 0) is 11.8 Å². The maximum Gasteiger partial charge on any atom is 0.170 e. The Morgan fingerprint density at radius 3 is 2.20 bits per heavy atom. The molecule has 0 bridgehead atoms. The number of aromatic nitrogens is 2. The summed E-state index contributed by atoms with van der Waals surface area (Å²) in [5.41, 5.74) is 1.60. The number of carbonyl (C=O) groups is 1. The first kappa shape index (κ1) is 14.9. The number of fused-ring (bicyclic) bond motifs is 1. The van der Waals surface area contributed by atoms with Crippen molar-refractivity contribution in [3.63, 3.8) is 0 Å². The predicted octanol–water partition coefficient (Wildman–Crippen LogP) is 3.75. The summed E-state index contributed by atoms with van der Waals surface area (Å²) in [6, 6.07) is 0.171. The fraction of sp³-hybridized carbons (Fsp3) is 0.688. The lowest BCUT2D eigenvalue weighted by atomic mass is 9.89. The van der Waals surface area contributed by atoms with E-state index in [2.05, 4.69) is 56.8 Å². The van der Waals surface area contributed by atoms with Crippen molar-refractivity contribution in [3.05, 3.63) is 17.1 Å². The molecule has 1 N–H and O–H groups in total. The van der Waals surface area contributed by atoms with Crippen LogP contribution in [0.1, 0.15) is 81.7 Å². The van der Waals surface area contributed by atoms with Crippen LogP contribution in [0.25, 0.3) is 0 Å². The highest BCUT2D eigenvalue weighted by Gasteiger charge is 2.31. The lowest BCUT2D eigenvalue weighted by molar-refractivity contribution is 0.0963. The van der Waals surface area contributed by atoms with Crippen LogP contribution in [-0.4, -0.2) is 21.8 Å². The lowest BCUT2D eigenvalue weighted by Crippen LogP contribution is -2.35. The summed E-state index contributed by atoms with van der Waals surface area (Å²) >= 11 is 0. The standard InChI is InChI=1S/C16H25N3O/c1-8(2)11-7-12(20)13-14(9(3)4)18-15(10(5)6)19-16(13)17-11/h8-11H,7H2,1-6H3,(H,17,18,19). The second-order valence-corrected chi connectivity index (χ2v) is 6.62. The number of nitrogens with zero attached hydrogens (tertiary/aromatic N) is 2. The minimum Gasteiger partial charge on any atom is -0.366 e. The Kier molecular flexibility index (Phi) is 4.11. The van der Waals surface area contributed by atoms with Gasteiger partial charge in [-0.15, -0.1) is 0 Å². The summed E-state index contributed by atoms with van der Waals surface area (Å²) < 4.78 is 0. The molecule has 4 nitrogen and oxygen atoms in total. The highest BCUT2D eigenvalue weighted by atomic mass is 16.1. The zero-order chi connectivity index (χ0) is 15.0. The van der Waals surface area contributed by atoms with Gasteiger partial charge < -0.3 is 5.32 Å². The van der Waals surface area contributed by atoms with Gasteiger partial charge in [0, 0.05) is 18.4 Å². The summed E-state index contributed by atoms with van der Waals surface area (Å²) in [5, 5.41) is 3.45. The molecule has 0 aliphatic carbocycles. The quantitative estimate of drug-likeness (QED) is 0.913. The fourth-order valence-electron chi connectivity index (χ4n) is 2.48. The molecule has 2 heterocycles. The third-order valence-corrected chi connectivity index (χ3v) is 3.83. The van der Waals surface area contributed by atoms with Gasteiger partial charge in [0.15, 0.2) is 5.78 Å². The van der Waals surface area contributed by atoms with E-state index in [9.17, 15) is 4.79 Å². The van der Waals surface area contributed by atoms with Gasteiger partial charge in [0.1, 0.15) is 11.6 Å². The van der Waals surface area contributed by atoms with Crippen molar-refractivity contribution in [2.45, 2.75) is 65.8 Å². The first-order valence-corrected chi connectivity index (χ1v) is 7.52. The van der Waals surface area contributed by atoms with Crippen LogP contribution in [0.3, 0.4) is 0 Å². The van der Waals surface area contributed by atoms with Crippen LogP contribution in [0.5, 0.6) is 0 Å². The van der Waals surface area contributed by atoms with E-state index in [1.165, 1.54) is 0 Å². The summed E-state index contributed by atoms with van der Waals surface area (Å²) in [6.45, 7) is 12.6. The molecule has 0 radical (unpaired) electrons. The Morgan fingerprint density at radius 2 is 1.70 bits per heavy atom. The van der Waals surface area contributed by atoms with Crippen LogP contribution < -0.4 is 5.32 Å². The van der Waals surface area contributed by atoms with E-state index in [0.717, 1.165) is 17.3 Å². The molecule has 0 saturated carbocycles. The van der Waals surface area contributed by atoms with Gasteiger partial charge in [-0.3, -0.25) is 4.79 Å². The third kappa shape index (κ3) is 2.69. The molecule has 1 aromatic heterocycles. The van der Waals surface area contributed by atoms with Crippen molar-refractivity contribution < 1.29 is 4.79 Å². The maximum absolute atomic E-state index is 12.5. The largest absolute Gasteiger partial charge is 0.366 e. The summed E-state index contributed by atoms with van der Waals surface area (Å²) in [6.07, 6.45) is 0.536. The molecular weight excluding hydrogens is 250 g/mol. The molecule has 0 saturated heterocycles. The lowest BCUT2D eigenvalue weighted by Gasteiger charge is -2.30. The number of anilines is 1. The summed E-state index contributed by atoms with van der Waals surface area (Å²) in [5.74, 6) is 2.63. The van der Waals surface area contributed by atoms with Crippen LogP contribution in [0, 0.1) is 5.92 Å². The first-order chi connectivity index (χ1) is 9.31. The van der Waals surface area contributed by atoms with Crippen molar-refractivity contribution in [1.29, 1.82) is 0 Å². The van der Waals surface area contributed by atoms with Gasteiger partial charge in [0.05, 0.1) is 11.3 Å². The molecular formula is C16H25N3O. The van der Waals surface area contributed by atoms with E-state index in [0.29, 0.717) is 17.9 Å². The molecule has 1 aliphatic heterocycles. The van der Waals surface area contributed by atoms with E-state index in [4.69, 9.17) is 0 Å². The molecule has 0 spiro atoms. The third-order valence-electron chi connectivity index (χ3n) is 3.83. The molecule has 1 unspecified atom stereocenters. The topological polar surface area (TPSA) is 54.9 Å². The Morgan fingerprint density at radius 1 is 1.05 bits per heavy atom. The van der Waals surface area contributed by atoms with Crippen molar-refractivity contribution in [3.8, 4) is 0 Å². The van der Waals surface area contributed by atoms with E-state index >= 15 is 0 Å². The Labute approximate surface area is 121 Å². The first-order valence-electron chi connectivity index (χ1n) is 7.52.